The van der Waals surface area contributed by atoms with Crippen LogP contribution in [0.3, 0.4) is 0 Å². The molecular formula is C20H19F3N4O2S2. The lowest BCUT2D eigenvalue weighted by Crippen LogP contribution is -2.26. The third-order valence-electron chi connectivity index (χ3n) is 4.31. The third kappa shape index (κ3) is 5.73. The molecule has 6 nitrogen and oxygen atoms in total. The molecule has 0 spiro atoms. The highest BCUT2D eigenvalue weighted by Gasteiger charge is 2.30. The molecule has 0 aliphatic rings. The van der Waals surface area contributed by atoms with Gasteiger partial charge in [-0.3, -0.25) is 4.79 Å². The highest BCUT2D eigenvalue weighted by Crippen LogP contribution is 2.35. The Hall–Kier alpha value is -2.66. The van der Waals surface area contributed by atoms with Crippen LogP contribution < -0.4 is 4.90 Å². The van der Waals surface area contributed by atoms with Crippen LogP contribution in [-0.4, -0.2) is 37.8 Å². The lowest BCUT2D eigenvalue weighted by Gasteiger charge is -2.17. The molecule has 3 rings (SSSR count). The van der Waals surface area contributed by atoms with Gasteiger partial charge in [0.2, 0.25) is 5.95 Å². The Morgan fingerprint density at radius 3 is 2.29 bits per heavy atom. The fourth-order valence-electron chi connectivity index (χ4n) is 2.50. The number of aliphatic carboxylic acids is 1. The number of hydrogen-bond donors (Lipinski definition) is 1. The number of halogens is 3. The molecule has 0 aliphatic carbocycles. The van der Waals surface area contributed by atoms with Gasteiger partial charge in [0.05, 0.1) is 17.8 Å². The van der Waals surface area contributed by atoms with Crippen molar-refractivity contribution in [3.63, 3.8) is 0 Å². The molecule has 31 heavy (non-hydrogen) atoms. The summed E-state index contributed by atoms with van der Waals surface area (Å²) in [4.78, 5) is 26.1. The Labute approximate surface area is 185 Å². The van der Waals surface area contributed by atoms with Crippen molar-refractivity contribution in [1.29, 1.82) is 0 Å². The standard InChI is InChI=1S/C20H19F3N4O2S2/c1-19(2,16(28)29)31-18-26-15(11-30-18)10-27(3)17-24-8-13(9-25-17)12-4-6-14(7-5-12)20(21,22)23/h4-9,11H,10H2,1-3H3,(H,28,29). The maximum absolute atomic E-state index is 12.7. The minimum atomic E-state index is -4.38. The van der Waals surface area contributed by atoms with Gasteiger partial charge in [0.15, 0.2) is 4.34 Å². The second-order valence-corrected chi connectivity index (χ2v) is 9.95. The van der Waals surface area contributed by atoms with E-state index in [0.29, 0.717) is 28.0 Å². The van der Waals surface area contributed by atoms with Gasteiger partial charge in [-0.2, -0.15) is 13.2 Å². The zero-order chi connectivity index (χ0) is 22.8. The summed E-state index contributed by atoms with van der Waals surface area (Å²) < 4.78 is 37.8. The number of benzene rings is 1. The van der Waals surface area contributed by atoms with E-state index >= 15 is 0 Å². The van der Waals surface area contributed by atoms with Crippen LogP contribution in [0, 0.1) is 0 Å². The summed E-state index contributed by atoms with van der Waals surface area (Å²) in [5.41, 5.74) is 1.24. The number of carbonyl (C=O) groups is 1. The number of rotatable bonds is 7. The maximum Gasteiger partial charge on any atom is 0.416 e. The number of carboxylic acid groups (broad SMARTS) is 1. The predicted octanol–water partition coefficient (Wildman–Crippen LogP) is 5.21. The summed E-state index contributed by atoms with van der Waals surface area (Å²) in [5, 5.41) is 11.1. The zero-order valence-electron chi connectivity index (χ0n) is 16.8. The summed E-state index contributed by atoms with van der Waals surface area (Å²) >= 11 is 2.56. The molecule has 3 aromatic rings. The van der Waals surface area contributed by atoms with Gasteiger partial charge in [0.25, 0.3) is 0 Å². The van der Waals surface area contributed by atoms with E-state index in [1.807, 2.05) is 5.38 Å². The second kappa shape index (κ2) is 8.83. The molecule has 0 radical (unpaired) electrons. The molecule has 0 saturated carbocycles. The van der Waals surface area contributed by atoms with E-state index in [-0.39, 0.29) is 0 Å². The van der Waals surface area contributed by atoms with Crippen molar-refractivity contribution in [2.24, 2.45) is 0 Å². The van der Waals surface area contributed by atoms with Gasteiger partial charge < -0.3 is 10.0 Å². The number of carboxylic acids is 1. The topological polar surface area (TPSA) is 79.2 Å². The van der Waals surface area contributed by atoms with Crippen LogP contribution in [0.1, 0.15) is 25.1 Å². The first-order valence-electron chi connectivity index (χ1n) is 9.03. The molecule has 0 atom stereocenters. The first kappa shape index (κ1) is 23.0. The van der Waals surface area contributed by atoms with Crippen LogP contribution in [-0.2, 0) is 17.5 Å². The van der Waals surface area contributed by atoms with Crippen LogP contribution in [0.5, 0.6) is 0 Å². The van der Waals surface area contributed by atoms with Crippen LogP contribution in [0.15, 0.2) is 46.4 Å². The van der Waals surface area contributed by atoms with Crippen molar-refractivity contribution in [3.05, 3.63) is 53.3 Å². The molecule has 0 bridgehead atoms. The fraction of sp³-hybridized carbons (Fsp3) is 0.300. The summed E-state index contributed by atoms with van der Waals surface area (Å²) in [5.74, 6) is -0.475. The quantitative estimate of drug-likeness (QED) is 0.477. The number of alkyl halides is 3. The van der Waals surface area contributed by atoms with E-state index in [0.717, 1.165) is 17.8 Å². The molecule has 2 heterocycles. The van der Waals surface area contributed by atoms with Crippen LogP contribution >= 0.6 is 23.1 Å². The molecular weight excluding hydrogens is 449 g/mol. The fourth-order valence-corrected chi connectivity index (χ4v) is 4.69. The van der Waals surface area contributed by atoms with Crippen LogP contribution in [0.4, 0.5) is 19.1 Å². The number of thioether (sulfide) groups is 1. The van der Waals surface area contributed by atoms with E-state index in [9.17, 15) is 23.1 Å². The van der Waals surface area contributed by atoms with Gasteiger partial charge in [-0.25, -0.2) is 15.0 Å². The smallest absolute Gasteiger partial charge is 0.416 e. The Morgan fingerprint density at radius 2 is 1.74 bits per heavy atom. The Kier molecular flexibility index (Phi) is 6.56. The van der Waals surface area contributed by atoms with Crippen LogP contribution in [0.2, 0.25) is 0 Å². The number of anilines is 1. The largest absolute Gasteiger partial charge is 0.480 e. The maximum atomic E-state index is 12.7. The van der Waals surface area contributed by atoms with E-state index in [4.69, 9.17) is 0 Å². The molecule has 1 N–H and O–H groups in total. The number of thiazole rings is 1. The van der Waals surface area contributed by atoms with Gasteiger partial charge in [0, 0.05) is 30.4 Å². The highest BCUT2D eigenvalue weighted by atomic mass is 32.2. The minimum absolute atomic E-state index is 0.421. The first-order chi connectivity index (χ1) is 14.5. The van der Waals surface area contributed by atoms with Crippen molar-refractivity contribution in [3.8, 4) is 11.1 Å². The monoisotopic (exact) mass is 468 g/mol. The molecule has 1 aromatic carbocycles. The van der Waals surface area contributed by atoms with Crippen LogP contribution in [0.25, 0.3) is 11.1 Å². The second-order valence-electron chi connectivity index (χ2n) is 7.23. The summed E-state index contributed by atoms with van der Waals surface area (Å²) in [6.45, 7) is 3.67. The molecule has 0 aliphatic heterocycles. The summed E-state index contributed by atoms with van der Waals surface area (Å²) in [6, 6.07) is 4.83. The van der Waals surface area contributed by atoms with Crippen molar-refractivity contribution in [2.45, 2.75) is 35.7 Å². The van der Waals surface area contributed by atoms with Gasteiger partial charge in [0.1, 0.15) is 4.75 Å². The van der Waals surface area contributed by atoms with Gasteiger partial charge in [-0.1, -0.05) is 23.9 Å². The van der Waals surface area contributed by atoms with Crippen molar-refractivity contribution in [2.75, 3.05) is 11.9 Å². The minimum Gasteiger partial charge on any atom is -0.480 e. The van der Waals surface area contributed by atoms with E-state index in [1.54, 1.807) is 38.2 Å². The normalized spacial score (nSPS) is 12.1. The number of hydrogen-bond acceptors (Lipinski definition) is 7. The zero-order valence-corrected chi connectivity index (χ0v) is 18.5. The third-order valence-corrected chi connectivity index (χ3v) is 6.48. The Bertz CT molecular complexity index is 1050. The SMILES string of the molecule is CN(Cc1csc(SC(C)(C)C(=O)O)n1)c1ncc(-c2ccc(C(F)(F)F)cc2)cn1. The number of nitrogens with zero attached hydrogens (tertiary/aromatic N) is 4. The van der Waals surface area contributed by atoms with E-state index in [2.05, 4.69) is 15.0 Å². The average molecular weight is 469 g/mol. The molecule has 11 heteroatoms. The molecule has 0 amide bonds. The Balaban J connectivity index is 1.66. The lowest BCUT2D eigenvalue weighted by molar-refractivity contribution is -0.139. The molecule has 0 saturated heterocycles. The lowest BCUT2D eigenvalue weighted by atomic mass is 10.1. The summed E-state index contributed by atoms with van der Waals surface area (Å²) in [6.07, 6.45) is -1.27. The Morgan fingerprint density at radius 1 is 1.13 bits per heavy atom. The first-order valence-corrected chi connectivity index (χ1v) is 10.7. The molecule has 0 unspecified atom stereocenters. The van der Waals surface area contributed by atoms with Crippen molar-refractivity contribution >= 4 is 35.0 Å². The van der Waals surface area contributed by atoms with Gasteiger partial charge >= 0.3 is 12.1 Å². The van der Waals surface area contributed by atoms with Crippen molar-refractivity contribution < 1.29 is 23.1 Å². The van der Waals surface area contributed by atoms with Crippen molar-refractivity contribution in [1.82, 2.24) is 15.0 Å². The number of aromatic nitrogens is 3. The molecule has 0 fully saturated rings. The van der Waals surface area contributed by atoms with Gasteiger partial charge in [-0.15, -0.1) is 11.3 Å². The van der Waals surface area contributed by atoms with E-state index < -0.39 is 22.5 Å². The van der Waals surface area contributed by atoms with E-state index in [1.165, 1.54) is 35.2 Å². The molecule has 164 valence electrons. The summed E-state index contributed by atoms with van der Waals surface area (Å²) in [7, 11) is 1.79. The van der Waals surface area contributed by atoms with Gasteiger partial charge in [-0.05, 0) is 31.5 Å². The average Bonchev–Trinajstić information content (AvgIpc) is 3.13. The predicted molar refractivity (Wildman–Crippen MR) is 114 cm³/mol. The highest BCUT2D eigenvalue weighted by molar-refractivity contribution is 8.02. The molecule has 2 aromatic heterocycles.